The van der Waals surface area contributed by atoms with E-state index in [9.17, 15) is 9.59 Å². The van der Waals surface area contributed by atoms with Crippen molar-refractivity contribution in [2.75, 3.05) is 0 Å². The number of carbonyl (C=O) groups excluding carboxylic acids is 2. The third-order valence-corrected chi connectivity index (χ3v) is 3.61. The van der Waals surface area contributed by atoms with Gasteiger partial charge in [0.05, 0.1) is 5.52 Å². The smallest absolute Gasteiger partial charge is 0.419 e. The lowest BCUT2D eigenvalue weighted by Gasteiger charge is -2.19. The second kappa shape index (κ2) is 5.20. The lowest BCUT2D eigenvalue weighted by atomic mass is 10.1. The standard InChI is InChI=1S/C15H16INO3/c1-9(18)10-5-6-11-12(16)8-17(13(11)7-10)14(19)20-15(2,3)4/h5-8H,1-4H3. The molecule has 0 fully saturated rings. The molecular weight excluding hydrogens is 369 g/mol. The van der Waals surface area contributed by atoms with Crippen LogP contribution in [0.15, 0.2) is 24.4 Å². The number of Topliss-reactive ketones (excluding diaryl/α,β-unsaturated/α-hetero) is 1. The maximum Gasteiger partial charge on any atom is 0.419 e. The van der Waals surface area contributed by atoms with E-state index in [0.717, 1.165) is 8.96 Å². The number of hydrogen-bond acceptors (Lipinski definition) is 3. The van der Waals surface area contributed by atoms with Crippen molar-refractivity contribution in [1.82, 2.24) is 4.57 Å². The number of halogens is 1. The molecule has 0 atom stereocenters. The molecule has 0 saturated heterocycles. The van der Waals surface area contributed by atoms with Gasteiger partial charge in [-0.2, -0.15) is 0 Å². The van der Waals surface area contributed by atoms with Crippen molar-refractivity contribution in [1.29, 1.82) is 0 Å². The van der Waals surface area contributed by atoms with Crippen molar-refractivity contribution in [2.24, 2.45) is 0 Å². The van der Waals surface area contributed by atoms with Crippen molar-refractivity contribution in [3.8, 4) is 0 Å². The number of benzene rings is 1. The lowest BCUT2D eigenvalue weighted by Crippen LogP contribution is -2.26. The monoisotopic (exact) mass is 385 g/mol. The largest absolute Gasteiger partial charge is 0.443 e. The fourth-order valence-corrected chi connectivity index (χ4v) is 2.60. The van der Waals surface area contributed by atoms with Gasteiger partial charge in [-0.1, -0.05) is 12.1 Å². The molecule has 2 aromatic rings. The Bertz CT molecular complexity index is 695. The Hall–Kier alpha value is -1.37. The van der Waals surface area contributed by atoms with Gasteiger partial charge in [0.2, 0.25) is 0 Å². The zero-order valence-corrected chi connectivity index (χ0v) is 14.0. The Balaban J connectivity index is 2.55. The van der Waals surface area contributed by atoms with Crippen molar-refractivity contribution in [3.05, 3.63) is 33.5 Å². The molecule has 0 radical (unpaired) electrons. The minimum atomic E-state index is -0.558. The van der Waals surface area contributed by atoms with E-state index in [1.54, 1.807) is 18.3 Å². The molecule has 5 heteroatoms. The van der Waals surface area contributed by atoms with Crippen molar-refractivity contribution >= 4 is 45.4 Å². The molecule has 0 aliphatic heterocycles. The highest BCUT2D eigenvalue weighted by atomic mass is 127. The van der Waals surface area contributed by atoms with Crippen LogP contribution in [0.4, 0.5) is 4.79 Å². The average Bonchev–Trinajstić information content (AvgIpc) is 2.64. The van der Waals surface area contributed by atoms with E-state index < -0.39 is 11.7 Å². The van der Waals surface area contributed by atoms with Gasteiger partial charge in [-0.25, -0.2) is 4.79 Å². The first-order valence-electron chi connectivity index (χ1n) is 6.24. The molecule has 4 nitrogen and oxygen atoms in total. The van der Waals surface area contributed by atoms with Gasteiger partial charge >= 0.3 is 6.09 Å². The highest BCUT2D eigenvalue weighted by Crippen LogP contribution is 2.25. The average molecular weight is 385 g/mol. The van der Waals surface area contributed by atoms with Crippen molar-refractivity contribution < 1.29 is 14.3 Å². The summed E-state index contributed by atoms with van der Waals surface area (Å²) < 4.78 is 7.78. The molecule has 0 N–H and O–H groups in total. The van der Waals surface area contributed by atoms with Crippen LogP contribution < -0.4 is 0 Å². The fraction of sp³-hybridized carbons (Fsp3) is 0.333. The van der Waals surface area contributed by atoms with Gasteiger partial charge in [-0.05, 0) is 56.4 Å². The predicted molar refractivity (Wildman–Crippen MR) is 86.3 cm³/mol. The Morgan fingerprint density at radius 3 is 2.45 bits per heavy atom. The summed E-state index contributed by atoms with van der Waals surface area (Å²) in [6, 6.07) is 5.35. The minimum absolute atomic E-state index is 0.0288. The van der Waals surface area contributed by atoms with Crippen LogP contribution in [0.1, 0.15) is 38.1 Å². The zero-order chi connectivity index (χ0) is 15.1. The summed E-state index contributed by atoms with van der Waals surface area (Å²) >= 11 is 2.17. The molecule has 106 valence electrons. The molecule has 0 amide bonds. The summed E-state index contributed by atoms with van der Waals surface area (Å²) in [6.07, 6.45) is 1.29. The Kier molecular flexibility index (Phi) is 3.90. The second-order valence-corrected chi connectivity index (χ2v) is 6.78. The molecule has 1 aromatic carbocycles. The minimum Gasteiger partial charge on any atom is -0.443 e. The number of rotatable bonds is 1. The van der Waals surface area contributed by atoms with Gasteiger partial charge in [0.25, 0.3) is 0 Å². The molecule has 20 heavy (non-hydrogen) atoms. The highest BCUT2D eigenvalue weighted by Gasteiger charge is 2.20. The van der Waals surface area contributed by atoms with Crippen LogP contribution >= 0.6 is 22.6 Å². The topological polar surface area (TPSA) is 48.3 Å². The van der Waals surface area contributed by atoms with Crippen LogP contribution in [0.25, 0.3) is 10.9 Å². The molecule has 0 aliphatic carbocycles. The van der Waals surface area contributed by atoms with E-state index in [0.29, 0.717) is 11.1 Å². The summed E-state index contributed by atoms with van der Waals surface area (Å²) in [5.41, 5.74) is 0.713. The van der Waals surface area contributed by atoms with Gasteiger partial charge in [0, 0.05) is 20.7 Å². The fourth-order valence-electron chi connectivity index (χ4n) is 1.87. The molecule has 0 aliphatic rings. The number of nitrogens with zero attached hydrogens (tertiary/aromatic N) is 1. The van der Waals surface area contributed by atoms with Crippen LogP contribution in [0.5, 0.6) is 0 Å². The summed E-state index contributed by atoms with van der Waals surface area (Å²) in [6.45, 7) is 6.97. The first kappa shape index (κ1) is 15.0. The third kappa shape index (κ3) is 3.03. The van der Waals surface area contributed by atoms with Crippen molar-refractivity contribution in [3.63, 3.8) is 0 Å². The Labute approximate surface area is 131 Å². The maximum absolute atomic E-state index is 12.2. The molecular formula is C15H16INO3. The molecule has 0 bridgehead atoms. The first-order valence-corrected chi connectivity index (χ1v) is 7.32. The molecule has 2 rings (SSSR count). The number of fused-ring (bicyclic) bond motifs is 1. The van der Waals surface area contributed by atoms with E-state index in [1.165, 1.54) is 11.5 Å². The summed E-state index contributed by atoms with van der Waals surface area (Å²) in [5, 5.41) is 0.932. The van der Waals surface area contributed by atoms with Crippen molar-refractivity contribution in [2.45, 2.75) is 33.3 Å². The van der Waals surface area contributed by atoms with Crippen LogP contribution in [0.3, 0.4) is 0 Å². The third-order valence-electron chi connectivity index (χ3n) is 2.75. The number of carbonyl (C=O) groups is 2. The van der Waals surface area contributed by atoms with Gasteiger partial charge in [0.15, 0.2) is 5.78 Å². The molecule has 0 unspecified atom stereocenters. The summed E-state index contributed by atoms with van der Waals surface area (Å²) in [4.78, 5) is 23.7. The van der Waals surface area contributed by atoms with Gasteiger partial charge in [-0.3, -0.25) is 9.36 Å². The molecule has 1 aromatic heterocycles. The summed E-state index contributed by atoms with van der Waals surface area (Å²) in [7, 11) is 0. The van der Waals surface area contributed by atoms with E-state index in [4.69, 9.17) is 4.74 Å². The van der Waals surface area contributed by atoms with Crippen LogP contribution in [-0.2, 0) is 4.74 Å². The quantitative estimate of drug-likeness (QED) is 0.545. The zero-order valence-electron chi connectivity index (χ0n) is 11.9. The van der Waals surface area contributed by atoms with Gasteiger partial charge in [-0.15, -0.1) is 0 Å². The number of ether oxygens (including phenoxy) is 1. The van der Waals surface area contributed by atoms with Gasteiger partial charge < -0.3 is 4.74 Å². The van der Waals surface area contributed by atoms with Crippen LogP contribution in [0, 0.1) is 3.57 Å². The van der Waals surface area contributed by atoms with E-state index in [-0.39, 0.29) is 5.78 Å². The Morgan fingerprint density at radius 1 is 1.25 bits per heavy atom. The van der Waals surface area contributed by atoms with Crippen LogP contribution in [0.2, 0.25) is 0 Å². The van der Waals surface area contributed by atoms with Gasteiger partial charge in [0.1, 0.15) is 5.60 Å². The maximum atomic E-state index is 12.2. The Morgan fingerprint density at radius 2 is 1.90 bits per heavy atom. The first-order chi connectivity index (χ1) is 9.19. The predicted octanol–water partition coefficient (Wildman–Crippen LogP) is 4.23. The number of ketones is 1. The SMILES string of the molecule is CC(=O)c1ccc2c(I)cn(C(=O)OC(C)(C)C)c2c1. The second-order valence-electron chi connectivity index (χ2n) is 5.62. The van der Waals surface area contributed by atoms with E-state index in [1.807, 2.05) is 26.8 Å². The molecule has 1 heterocycles. The van der Waals surface area contributed by atoms with Crippen LogP contribution in [-0.4, -0.2) is 22.0 Å². The van der Waals surface area contributed by atoms with E-state index >= 15 is 0 Å². The highest BCUT2D eigenvalue weighted by molar-refractivity contribution is 14.1. The lowest BCUT2D eigenvalue weighted by molar-refractivity contribution is 0.0544. The number of hydrogen-bond donors (Lipinski definition) is 0. The molecule has 0 saturated carbocycles. The van der Waals surface area contributed by atoms with E-state index in [2.05, 4.69) is 22.6 Å². The summed E-state index contributed by atoms with van der Waals surface area (Å²) in [5.74, 6) is -0.0288. The molecule has 0 spiro atoms. The number of aromatic nitrogens is 1. The normalized spacial score (nSPS) is 11.7.